The van der Waals surface area contributed by atoms with Crippen molar-refractivity contribution in [2.75, 3.05) is 13.1 Å². The van der Waals surface area contributed by atoms with E-state index in [0.29, 0.717) is 19.4 Å². The van der Waals surface area contributed by atoms with Crippen LogP contribution in [0.4, 0.5) is 8.78 Å². The third kappa shape index (κ3) is 4.25. The Morgan fingerprint density at radius 1 is 1.15 bits per heavy atom. The van der Waals surface area contributed by atoms with E-state index in [1.165, 1.54) is 30.3 Å². The van der Waals surface area contributed by atoms with E-state index < -0.39 is 11.7 Å². The fourth-order valence-corrected chi connectivity index (χ4v) is 3.23. The summed E-state index contributed by atoms with van der Waals surface area (Å²) in [5.41, 5.74) is 0.708. The quantitative estimate of drug-likeness (QED) is 0.863. The van der Waals surface area contributed by atoms with E-state index in [9.17, 15) is 18.4 Å². The lowest BCUT2D eigenvalue weighted by Gasteiger charge is -2.28. The highest BCUT2D eigenvalue weighted by Gasteiger charge is 2.28. The number of likely N-dealkylation sites (tertiary alicyclic amines) is 1. The normalized spacial score (nSPS) is 15.2. The second-order valence-corrected chi connectivity index (χ2v) is 6.37. The van der Waals surface area contributed by atoms with Crippen molar-refractivity contribution < 1.29 is 18.4 Å². The van der Waals surface area contributed by atoms with Crippen molar-refractivity contribution in [1.82, 2.24) is 10.2 Å². The molecule has 3 rings (SSSR count). The van der Waals surface area contributed by atoms with Gasteiger partial charge in [-0.05, 0) is 42.7 Å². The topological polar surface area (TPSA) is 49.4 Å². The molecule has 1 aliphatic heterocycles. The van der Waals surface area contributed by atoms with Crippen LogP contribution in [0, 0.1) is 11.6 Å². The minimum Gasteiger partial charge on any atom is -0.350 e. The van der Waals surface area contributed by atoms with Gasteiger partial charge in [0.15, 0.2) is 0 Å². The van der Waals surface area contributed by atoms with Gasteiger partial charge in [0, 0.05) is 19.5 Å². The molecule has 1 aliphatic rings. The number of benzene rings is 2. The molecule has 1 fully saturated rings. The molecule has 0 aromatic heterocycles. The molecule has 1 heterocycles. The van der Waals surface area contributed by atoms with Gasteiger partial charge in [0.05, 0.1) is 11.6 Å². The first-order valence-electron chi connectivity index (χ1n) is 8.61. The number of nitrogens with zero attached hydrogens (tertiary/aromatic N) is 1. The Morgan fingerprint density at radius 2 is 1.96 bits per heavy atom. The van der Waals surface area contributed by atoms with Crippen LogP contribution in [0.3, 0.4) is 0 Å². The summed E-state index contributed by atoms with van der Waals surface area (Å²) in [5, 5.41) is 2.71. The molecule has 2 aromatic carbocycles. The number of amides is 2. The zero-order valence-corrected chi connectivity index (χ0v) is 14.3. The van der Waals surface area contributed by atoms with Crippen LogP contribution >= 0.6 is 0 Å². The summed E-state index contributed by atoms with van der Waals surface area (Å²) >= 11 is 0. The summed E-state index contributed by atoms with van der Waals surface area (Å²) in [6.07, 6.45) is 1.65. The van der Waals surface area contributed by atoms with Gasteiger partial charge >= 0.3 is 0 Å². The second-order valence-electron chi connectivity index (χ2n) is 6.37. The lowest BCUT2D eigenvalue weighted by Crippen LogP contribution is -2.46. The molecule has 26 heavy (non-hydrogen) atoms. The molecule has 136 valence electrons. The molecule has 6 heteroatoms. The molecular formula is C20H20F2N2O2. The first kappa shape index (κ1) is 18.0. The van der Waals surface area contributed by atoms with E-state index in [-0.39, 0.29) is 29.9 Å². The number of halogens is 2. The first-order chi connectivity index (χ1) is 12.5. The standard InChI is InChI=1S/C20H20F2N2O2/c21-15-6-3-5-14(11-15)12-16(24-10-4-9-19(24)25)13-23-20(26)17-7-1-2-8-18(17)22/h1-3,5-8,11,16H,4,9-10,12-13H2,(H,23,26). The third-order valence-corrected chi connectivity index (χ3v) is 4.53. The zero-order chi connectivity index (χ0) is 18.5. The maximum atomic E-state index is 13.8. The highest BCUT2D eigenvalue weighted by molar-refractivity contribution is 5.94. The molecule has 0 saturated carbocycles. The van der Waals surface area contributed by atoms with Crippen molar-refractivity contribution in [3.8, 4) is 0 Å². The number of hydrogen-bond acceptors (Lipinski definition) is 2. The fraction of sp³-hybridized carbons (Fsp3) is 0.300. The summed E-state index contributed by atoms with van der Waals surface area (Å²) in [4.78, 5) is 26.1. The van der Waals surface area contributed by atoms with Gasteiger partial charge in [-0.1, -0.05) is 24.3 Å². The lowest BCUT2D eigenvalue weighted by molar-refractivity contribution is -0.129. The van der Waals surface area contributed by atoms with Gasteiger partial charge in [-0.25, -0.2) is 8.78 Å². The Labute approximate surface area is 150 Å². The minimum atomic E-state index is -0.594. The summed E-state index contributed by atoms with van der Waals surface area (Å²) in [5.74, 6) is -1.45. The van der Waals surface area contributed by atoms with Crippen LogP contribution in [0.15, 0.2) is 48.5 Å². The Hall–Kier alpha value is -2.76. The summed E-state index contributed by atoms with van der Waals surface area (Å²) < 4.78 is 27.2. The molecule has 0 radical (unpaired) electrons. The highest BCUT2D eigenvalue weighted by Crippen LogP contribution is 2.18. The van der Waals surface area contributed by atoms with Gasteiger partial charge in [0.25, 0.3) is 5.91 Å². The third-order valence-electron chi connectivity index (χ3n) is 4.53. The van der Waals surface area contributed by atoms with Crippen LogP contribution in [0.5, 0.6) is 0 Å². The molecule has 0 spiro atoms. The van der Waals surface area contributed by atoms with Gasteiger partial charge in [-0.2, -0.15) is 0 Å². The molecule has 2 aromatic rings. The Morgan fingerprint density at radius 3 is 2.65 bits per heavy atom. The molecule has 1 saturated heterocycles. The lowest BCUT2D eigenvalue weighted by atomic mass is 10.0. The summed E-state index contributed by atoms with van der Waals surface area (Å²) in [6.45, 7) is 0.782. The molecular weight excluding hydrogens is 338 g/mol. The number of nitrogens with one attached hydrogen (secondary N) is 1. The molecule has 1 N–H and O–H groups in total. The van der Waals surface area contributed by atoms with Crippen molar-refractivity contribution in [2.24, 2.45) is 0 Å². The maximum Gasteiger partial charge on any atom is 0.254 e. The number of rotatable bonds is 6. The van der Waals surface area contributed by atoms with E-state index >= 15 is 0 Å². The molecule has 0 bridgehead atoms. The van der Waals surface area contributed by atoms with Gasteiger partial charge in [0.2, 0.25) is 5.91 Å². The van der Waals surface area contributed by atoms with Crippen LogP contribution in [0.1, 0.15) is 28.8 Å². The fourth-order valence-electron chi connectivity index (χ4n) is 3.23. The van der Waals surface area contributed by atoms with Crippen molar-refractivity contribution >= 4 is 11.8 Å². The van der Waals surface area contributed by atoms with Gasteiger partial charge < -0.3 is 10.2 Å². The minimum absolute atomic E-state index is 0.0199. The van der Waals surface area contributed by atoms with Gasteiger partial charge in [-0.15, -0.1) is 0 Å². The Bertz CT molecular complexity index is 810. The van der Waals surface area contributed by atoms with Crippen LogP contribution in [-0.4, -0.2) is 35.8 Å². The van der Waals surface area contributed by atoms with Crippen LogP contribution in [0.2, 0.25) is 0 Å². The predicted molar refractivity (Wildman–Crippen MR) is 93.6 cm³/mol. The van der Waals surface area contributed by atoms with Crippen molar-refractivity contribution in [3.63, 3.8) is 0 Å². The first-order valence-corrected chi connectivity index (χ1v) is 8.61. The van der Waals surface area contributed by atoms with Crippen molar-refractivity contribution in [2.45, 2.75) is 25.3 Å². The molecule has 2 amide bonds. The average Bonchev–Trinajstić information content (AvgIpc) is 3.04. The zero-order valence-electron chi connectivity index (χ0n) is 14.3. The van der Waals surface area contributed by atoms with Crippen molar-refractivity contribution in [1.29, 1.82) is 0 Å². The Kier molecular flexibility index (Phi) is 5.61. The molecule has 1 atom stereocenters. The van der Waals surface area contributed by atoms with E-state index in [2.05, 4.69) is 5.32 Å². The number of carbonyl (C=O) groups is 2. The van der Waals surface area contributed by atoms with E-state index in [1.807, 2.05) is 0 Å². The molecule has 4 nitrogen and oxygen atoms in total. The highest BCUT2D eigenvalue weighted by atomic mass is 19.1. The van der Waals surface area contributed by atoms with Crippen LogP contribution in [-0.2, 0) is 11.2 Å². The smallest absolute Gasteiger partial charge is 0.254 e. The Balaban J connectivity index is 1.72. The molecule has 1 unspecified atom stereocenters. The van der Waals surface area contributed by atoms with Crippen LogP contribution in [0.25, 0.3) is 0 Å². The van der Waals surface area contributed by atoms with Gasteiger partial charge in [-0.3, -0.25) is 9.59 Å². The number of hydrogen-bond donors (Lipinski definition) is 1. The maximum absolute atomic E-state index is 13.8. The second kappa shape index (κ2) is 8.08. The predicted octanol–water partition coefficient (Wildman–Crippen LogP) is 2.93. The van der Waals surface area contributed by atoms with E-state index in [4.69, 9.17) is 0 Å². The van der Waals surface area contributed by atoms with E-state index in [0.717, 1.165) is 12.0 Å². The van der Waals surface area contributed by atoms with Crippen molar-refractivity contribution in [3.05, 3.63) is 71.3 Å². The summed E-state index contributed by atoms with van der Waals surface area (Å²) in [6, 6.07) is 11.6. The van der Waals surface area contributed by atoms with Crippen LogP contribution < -0.4 is 5.32 Å². The largest absolute Gasteiger partial charge is 0.350 e. The number of carbonyl (C=O) groups excluding carboxylic acids is 2. The monoisotopic (exact) mass is 358 g/mol. The summed E-state index contributed by atoms with van der Waals surface area (Å²) in [7, 11) is 0. The molecule has 0 aliphatic carbocycles. The SMILES string of the molecule is O=C(NCC(Cc1cccc(F)c1)N1CCCC1=O)c1ccccc1F. The van der Waals surface area contributed by atoms with E-state index in [1.54, 1.807) is 23.1 Å². The average molecular weight is 358 g/mol. The van der Waals surface area contributed by atoms with Gasteiger partial charge in [0.1, 0.15) is 11.6 Å².